The zero-order valence-corrected chi connectivity index (χ0v) is 7.86. The van der Waals surface area contributed by atoms with Gasteiger partial charge in [-0.2, -0.15) is 0 Å². The highest BCUT2D eigenvalue weighted by Crippen LogP contribution is 2.03. The lowest BCUT2D eigenvalue weighted by atomic mass is 10.1. The van der Waals surface area contributed by atoms with Gasteiger partial charge in [0.05, 0.1) is 0 Å². The highest BCUT2D eigenvalue weighted by Gasteiger charge is 2.01. The van der Waals surface area contributed by atoms with Crippen LogP contribution in [-0.2, 0) is 0 Å². The molecular weight excluding hydrogens is 164 g/mol. The molecule has 0 bridgehead atoms. The van der Waals surface area contributed by atoms with E-state index in [-0.39, 0.29) is 5.78 Å². The second kappa shape index (κ2) is 7.46. The smallest absolute Gasteiger partial charge is 0.162 e. The van der Waals surface area contributed by atoms with E-state index in [9.17, 15) is 4.79 Å². The van der Waals surface area contributed by atoms with Crippen LogP contribution in [0, 0.1) is 0 Å². The maximum Gasteiger partial charge on any atom is 0.162 e. The fourth-order valence-corrected chi connectivity index (χ4v) is 0.995. The number of benzene rings is 1. The van der Waals surface area contributed by atoms with Crippen molar-refractivity contribution in [3.05, 3.63) is 35.9 Å². The topological polar surface area (TPSA) is 69.1 Å². The van der Waals surface area contributed by atoms with Gasteiger partial charge in [-0.25, -0.2) is 0 Å². The van der Waals surface area contributed by atoms with Gasteiger partial charge in [-0.05, 0) is 6.42 Å². The summed E-state index contributed by atoms with van der Waals surface area (Å²) in [7, 11) is 0. The van der Waals surface area contributed by atoms with E-state index in [0.717, 1.165) is 12.0 Å². The second-order valence-electron chi connectivity index (χ2n) is 2.54. The summed E-state index contributed by atoms with van der Waals surface area (Å²) in [6.07, 6.45) is 1.58. The van der Waals surface area contributed by atoms with Crippen molar-refractivity contribution in [1.29, 1.82) is 0 Å². The minimum atomic E-state index is 0.244. The van der Waals surface area contributed by atoms with Crippen molar-refractivity contribution in [1.82, 2.24) is 0 Å². The molecule has 0 atom stereocenters. The van der Waals surface area contributed by atoms with Crippen LogP contribution in [0.2, 0.25) is 0 Å². The van der Waals surface area contributed by atoms with Crippen LogP contribution in [0.25, 0.3) is 0 Å². The van der Waals surface area contributed by atoms with Crippen LogP contribution in [0.1, 0.15) is 30.1 Å². The fraction of sp³-hybridized carbons (Fsp3) is 0.300. The highest BCUT2D eigenvalue weighted by atomic mass is 16.1. The Kier molecular flexibility index (Phi) is 6.78. The van der Waals surface area contributed by atoms with Crippen LogP contribution in [0.4, 0.5) is 0 Å². The van der Waals surface area contributed by atoms with Crippen LogP contribution in [0.5, 0.6) is 0 Å². The SMILES string of the molecule is CCCC(=O)c1ccccc1.NN. The van der Waals surface area contributed by atoms with E-state index < -0.39 is 0 Å². The lowest BCUT2D eigenvalue weighted by molar-refractivity contribution is 0.0982. The van der Waals surface area contributed by atoms with E-state index in [2.05, 4.69) is 11.7 Å². The number of Topliss-reactive ketones (excluding diaryl/α,β-unsaturated/α-hetero) is 1. The largest absolute Gasteiger partial charge is 0.294 e. The molecule has 13 heavy (non-hydrogen) atoms. The number of hydrazine groups is 1. The van der Waals surface area contributed by atoms with Gasteiger partial charge in [-0.1, -0.05) is 37.3 Å². The molecule has 1 rings (SSSR count). The molecule has 72 valence electrons. The van der Waals surface area contributed by atoms with Crippen molar-refractivity contribution >= 4 is 5.78 Å². The first-order chi connectivity index (χ1) is 6.34. The maximum absolute atomic E-state index is 11.2. The summed E-state index contributed by atoms with van der Waals surface area (Å²) in [6.45, 7) is 2.01. The average Bonchev–Trinajstić information content (AvgIpc) is 2.23. The molecule has 3 heteroatoms. The first-order valence-corrected chi connectivity index (χ1v) is 4.26. The summed E-state index contributed by atoms with van der Waals surface area (Å²) in [5, 5.41) is 0. The molecule has 0 radical (unpaired) electrons. The highest BCUT2D eigenvalue weighted by molar-refractivity contribution is 5.95. The number of nitrogens with two attached hydrogens (primary N) is 2. The Morgan fingerprint density at radius 1 is 1.23 bits per heavy atom. The number of hydrogen-bond donors (Lipinski definition) is 2. The van der Waals surface area contributed by atoms with Crippen LogP contribution >= 0.6 is 0 Å². The molecule has 1 aromatic rings. The molecule has 0 saturated heterocycles. The Morgan fingerprint density at radius 3 is 2.23 bits per heavy atom. The summed E-state index contributed by atoms with van der Waals surface area (Å²) in [4.78, 5) is 11.2. The van der Waals surface area contributed by atoms with Crippen molar-refractivity contribution in [2.75, 3.05) is 0 Å². The zero-order valence-electron chi connectivity index (χ0n) is 7.86. The molecule has 0 aromatic heterocycles. The lowest BCUT2D eigenvalue weighted by Crippen LogP contribution is -2.02. The van der Waals surface area contributed by atoms with Crippen LogP contribution in [-0.4, -0.2) is 5.78 Å². The number of rotatable bonds is 3. The number of ketones is 1. The van der Waals surface area contributed by atoms with E-state index >= 15 is 0 Å². The summed E-state index contributed by atoms with van der Waals surface area (Å²) in [5.41, 5.74) is 0.828. The van der Waals surface area contributed by atoms with E-state index in [1.807, 2.05) is 37.3 Å². The Labute approximate surface area is 78.7 Å². The fourth-order valence-electron chi connectivity index (χ4n) is 0.995. The molecular formula is C10H16N2O. The molecule has 0 saturated carbocycles. The van der Waals surface area contributed by atoms with Gasteiger partial charge in [0.2, 0.25) is 0 Å². The Morgan fingerprint density at radius 2 is 1.77 bits per heavy atom. The number of hydrogen-bond acceptors (Lipinski definition) is 3. The molecule has 0 heterocycles. The minimum Gasteiger partial charge on any atom is -0.294 e. The first kappa shape index (κ1) is 11.8. The molecule has 1 aromatic carbocycles. The Hall–Kier alpha value is -1.19. The van der Waals surface area contributed by atoms with Crippen molar-refractivity contribution in [3.8, 4) is 0 Å². The van der Waals surface area contributed by atoms with Crippen molar-refractivity contribution < 1.29 is 4.79 Å². The zero-order chi connectivity index (χ0) is 10.1. The summed E-state index contributed by atoms with van der Waals surface area (Å²) >= 11 is 0. The molecule has 4 N–H and O–H groups in total. The Balaban J connectivity index is 0.000000671. The Bertz CT molecular complexity index is 234. The van der Waals surface area contributed by atoms with Gasteiger partial charge in [0.1, 0.15) is 0 Å². The third-order valence-corrected chi connectivity index (χ3v) is 1.57. The predicted octanol–water partition coefficient (Wildman–Crippen LogP) is 1.49. The third-order valence-electron chi connectivity index (χ3n) is 1.57. The standard InChI is InChI=1S/C10H12O.H4N2/c1-2-6-10(11)9-7-4-3-5-8-9;1-2/h3-5,7-8H,2,6H2,1H3;1-2H2. The van der Waals surface area contributed by atoms with Gasteiger partial charge in [-0.3, -0.25) is 16.5 Å². The van der Waals surface area contributed by atoms with Gasteiger partial charge < -0.3 is 0 Å². The van der Waals surface area contributed by atoms with Gasteiger partial charge in [0, 0.05) is 12.0 Å². The van der Waals surface area contributed by atoms with E-state index in [1.165, 1.54) is 0 Å². The molecule has 0 spiro atoms. The summed E-state index contributed by atoms with van der Waals surface area (Å²) in [6, 6.07) is 9.42. The van der Waals surface area contributed by atoms with Crippen LogP contribution < -0.4 is 11.7 Å². The van der Waals surface area contributed by atoms with Gasteiger partial charge in [-0.15, -0.1) is 0 Å². The second-order valence-corrected chi connectivity index (χ2v) is 2.54. The molecule has 3 nitrogen and oxygen atoms in total. The third kappa shape index (κ3) is 4.40. The summed E-state index contributed by atoms with van der Waals surface area (Å²) < 4.78 is 0. The van der Waals surface area contributed by atoms with Gasteiger partial charge in [0.15, 0.2) is 5.78 Å². The molecule has 0 fully saturated rings. The van der Waals surface area contributed by atoms with Crippen molar-refractivity contribution in [2.45, 2.75) is 19.8 Å². The van der Waals surface area contributed by atoms with Crippen molar-refractivity contribution in [2.24, 2.45) is 11.7 Å². The van der Waals surface area contributed by atoms with Crippen LogP contribution in [0.3, 0.4) is 0 Å². The monoisotopic (exact) mass is 180 g/mol. The van der Waals surface area contributed by atoms with Gasteiger partial charge in [0.25, 0.3) is 0 Å². The molecule has 0 aliphatic heterocycles. The lowest BCUT2D eigenvalue weighted by Gasteiger charge is -1.96. The van der Waals surface area contributed by atoms with E-state index in [4.69, 9.17) is 0 Å². The maximum atomic E-state index is 11.2. The predicted molar refractivity (Wildman–Crippen MR) is 54.1 cm³/mol. The minimum absolute atomic E-state index is 0.244. The first-order valence-electron chi connectivity index (χ1n) is 4.26. The van der Waals surface area contributed by atoms with Crippen molar-refractivity contribution in [3.63, 3.8) is 0 Å². The summed E-state index contributed by atoms with van der Waals surface area (Å²) in [5.74, 6) is 8.24. The quantitative estimate of drug-likeness (QED) is 0.420. The van der Waals surface area contributed by atoms with Crippen LogP contribution in [0.15, 0.2) is 30.3 Å². The molecule has 0 unspecified atom stereocenters. The molecule has 0 aliphatic rings. The van der Waals surface area contributed by atoms with Gasteiger partial charge >= 0.3 is 0 Å². The van der Waals surface area contributed by atoms with E-state index in [0.29, 0.717) is 6.42 Å². The average molecular weight is 180 g/mol. The molecule has 0 aliphatic carbocycles. The number of carbonyl (C=O) groups excluding carboxylic acids is 1. The number of carbonyl (C=O) groups is 1. The van der Waals surface area contributed by atoms with E-state index in [1.54, 1.807) is 0 Å². The molecule has 0 amide bonds. The normalized spacial score (nSPS) is 8.54.